The predicted octanol–water partition coefficient (Wildman–Crippen LogP) is 4.97. The van der Waals surface area contributed by atoms with E-state index in [2.05, 4.69) is 41.1 Å². The van der Waals surface area contributed by atoms with Gasteiger partial charge in [0, 0.05) is 10.6 Å². The number of hydrogen-bond acceptors (Lipinski definition) is 1. The van der Waals surface area contributed by atoms with Gasteiger partial charge in [-0.2, -0.15) is 0 Å². The van der Waals surface area contributed by atoms with Gasteiger partial charge in [-0.25, -0.2) is 0 Å². The van der Waals surface area contributed by atoms with Crippen molar-refractivity contribution in [1.82, 2.24) is 0 Å². The maximum Gasteiger partial charge on any atom is 0.0711 e. The van der Waals surface area contributed by atoms with Crippen molar-refractivity contribution in [2.24, 2.45) is 0 Å². The highest BCUT2D eigenvalue weighted by atomic mass is 79.9. The molecule has 0 atom stereocenters. The number of alkyl halides is 1. The first kappa shape index (κ1) is 10.5. The third kappa shape index (κ3) is 1.71. The lowest BCUT2D eigenvalue weighted by atomic mass is 10.0. The molecule has 3 heteroatoms. The topological polar surface area (TPSA) is 0 Å². The van der Waals surface area contributed by atoms with Gasteiger partial charge < -0.3 is 0 Å². The molecular formula is C11H10BrClS. The fourth-order valence-corrected chi connectivity index (χ4v) is 3.54. The van der Waals surface area contributed by atoms with Crippen LogP contribution < -0.4 is 0 Å². The SMILES string of the molecule is CCc1c(CCl)ccc2sc(Br)cc12. The molecule has 0 fully saturated rings. The second-order valence-corrected chi connectivity index (χ2v) is 5.88. The Hall–Kier alpha value is -0.0500. The van der Waals surface area contributed by atoms with Crippen LogP contribution in [-0.4, -0.2) is 0 Å². The molecule has 0 spiro atoms. The molecule has 0 bridgehead atoms. The van der Waals surface area contributed by atoms with Crippen molar-refractivity contribution in [3.05, 3.63) is 33.1 Å². The summed E-state index contributed by atoms with van der Waals surface area (Å²) in [6.45, 7) is 2.18. The van der Waals surface area contributed by atoms with Gasteiger partial charge in [-0.15, -0.1) is 22.9 Å². The zero-order valence-corrected chi connectivity index (χ0v) is 11.0. The number of halogens is 2. The van der Waals surface area contributed by atoms with Crippen molar-refractivity contribution in [2.45, 2.75) is 19.2 Å². The van der Waals surface area contributed by atoms with Crippen LogP contribution in [0.4, 0.5) is 0 Å². The third-order valence-electron chi connectivity index (χ3n) is 2.38. The number of aryl methyl sites for hydroxylation is 1. The molecule has 0 saturated heterocycles. The summed E-state index contributed by atoms with van der Waals surface area (Å²) in [4.78, 5) is 0. The fraction of sp³-hybridized carbons (Fsp3) is 0.273. The van der Waals surface area contributed by atoms with Crippen molar-refractivity contribution in [2.75, 3.05) is 0 Å². The van der Waals surface area contributed by atoms with Crippen molar-refractivity contribution in [3.63, 3.8) is 0 Å². The number of fused-ring (bicyclic) bond motifs is 1. The minimum absolute atomic E-state index is 0.604. The predicted molar refractivity (Wildman–Crippen MR) is 68.5 cm³/mol. The first-order valence-corrected chi connectivity index (χ1v) is 6.66. The Kier molecular flexibility index (Phi) is 3.15. The smallest absolute Gasteiger partial charge is 0.0711 e. The average Bonchev–Trinajstić information content (AvgIpc) is 2.56. The van der Waals surface area contributed by atoms with Gasteiger partial charge >= 0.3 is 0 Å². The Balaban J connectivity index is 2.75. The van der Waals surface area contributed by atoms with Crippen molar-refractivity contribution in [1.29, 1.82) is 0 Å². The standard InChI is InChI=1S/C11H10BrClS/c1-2-8-7(6-13)3-4-10-9(8)5-11(12)14-10/h3-5H,2,6H2,1H3. The molecule has 2 aromatic rings. The van der Waals surface area contributed by atoms with E-state index in [1.165, 1.54) is 25.0 Å². The van der Waals surface area contributed by atoms with Crippen LogP contribution in [-0.2, 0) is 12.3 Å². The van der Waals surface area contributed by atoms with Crippen LogP contribution in [0.2, 0.25) is 0 Å². The molecular weight excluding hydrogens is 280 g/mol. The van der Waals surface area contributed by atoms with Crippen LogP contribution in [0.15, 0.2) is 22.0 Å². The van der Waals surface area contributed by atoms with Crippen molar-refractivity contribution >= 4 is 49.0 Å². The fourth-order valence-electron chi connectivity index (χ4n) is 1.73. The van der Waals surface area contributed by atoms with Crippen molar-refractivity contribution in [3.8, 4) is 0 Å². The van der Waals surface area contributed by atoms with E-state index in [-0.39, 0.29) is 0 Å². The van der Waals surface area contributed by atoms with Gasteiger partial charge in [0.1, 0.15) is 0 Å². The molecule has 1 aromatic carbocycles. The minimum atomic E-state index is 0.604. The molecule has 0 saturated carbocycles. The van der Waals surface area contributed by atoms with E-state index in [0.29, 0.717) is 5.88 Å². The maximum absolute atomic E-state index is 5.91. The Morgan fingerprint density at radius 3 is 2.86 bits per heavy atom. The summed E-state index contributed by atoms with van der Waals surface area (Å²) in [7, 11) is 0. The van der Waals surface area contributed by atoms with Crippen molar-refractivity contribution < 1.29 is 0 Å². The van der Waals surface area contributed by atoms with Gasteiger partial charge in [-0.3, -0.25) is 0 Å². The van der Waals surface area contributed by atoms with Crippen LogP contribution in [0, 0.1) is 0 Å². The molecule has 0 N–H and O–H groups in total. The highest BCUT2D eigenvalue weighted by Gasteiger charge is 2.07. The number of rotatable bonds is 2. The lowest BCUT2D eigenvalue weighted by Crippen LogP contribution is -1.89. The minimum Gasteiger partial charge on any atom is -0.128 e. The molecule has 1 heterocycles. The normalized spacial score (nSPS) is 11.1. The number of hydrogen-bond donors (Lipinski definition) is 0. The summed E-state index contributed by atoms with van der Waals surface area (Å²) < 4.78 is 2.52. The summed E-state index contributed by atoms with van der Waals surface area (Å²) in [5.74, 6) is 0.604. The van der Waals surface area contributed by atoms with Gasteiger partial charge in [0.15, 0.2) is 0 Å². The first-order valence-electron chi connectivity index (χ1n) is 4.52. The summed E-state index contributed by atoms with van der Waals surface area (Å²) in [6.07, 6.45) is 1.04. The summed E-state index contributed by atoms with van der Waals surface area (Å²) in [6, 6.07) is 6.48. The zero-order valence-electron chi connectivity index (χ0n) is 7.81. The van der Waals surface area contributed by atoms with Gasteiger partial charge in [-0.1, -0.05) is 13.0 Å². The van der Waals surface area contributed by atoms with Crippen LogP contribution in [0.1, 0.15) is 18.1 Å². The molecule has 0 aliphatic carbocycles. The lowest BCUT2D eigenvalue weighted by molar-refractivity contribution is 1.12. The average molecular weight is 290 g/mol. The van der Waals surface area contributed by atoms with E-state index in [9.17, 15) is 0 Å². The molecule has 1 aromatic heterocycles. The van der Waals surface area contributed by atoms with Gasteiger partial charge in [0.2, 0.25) is 0 Å². The van der Waals surface area contributed by atoms with Gasteiger partial charge in [0.25, 0.3) is 0 Å². The highest BCUT2D eigenvalue weighted by molar-refractivity contribution is 9.11. The quantitative estimate of drug-likeness (QED) is 0.685. The van der Waals surface area contributed by atoms with E-state index in [1.807, 2.05) is 0 Å². The Bertz CT molecular complexity index is 462. The Morgan fingerprint density at radius 1 is 1.43 bits per heavy atom. The molecule has 0 nitrogen and oxygen atoms in total. The molecule has 0 radical (unpaired) electrons. The van der Waals surface area contributed by atoms with E-state index < -0.39 is 0 Å². The van der Waals surface area contributed by atoms with Crippen LogP contribution >= 0.6 is 38.9 Å². The molecule has 0 aliphatic heterocycles. The second kappa shape index (κ2) is 4.21. The second-order valence-electron chi connectivity index (χ2n) is 3.15. The monoisotopic (exact) mass is 288 g/mol. The molecule has 0 amide bonds. The molecule has 14 heavy (non-hydrogen) atoms. The lowest BCUT2D eigenvalue weighted by Gasteiger charge is -2.05. The molecule has 0 unspecified atom stereocenters. The third-order valence-corrected chi connectivity index (χ3v) is 4.27. The Morgan fingerprint density at radius 2 is 2.21 bits per heavy atom. The van der Waals surface area contributed by atoms with Crippen LogP contribution in [0.25, 0.3) is 10.1 Å². The molecule has 2 rings (SSSR count). The zero-order chi connectivity index (χ0) is 10.1. The summed E-state index contributed by atoms with van der Waals surface area (Å²) in [5, 5.41) is 1.35. The van der Waals surface area contributed by atoms with E-state index in [0.717, 1.165) is 6.42 Å². The number of thiophene rings is 1. The summed E-state index contributed by atoms with van der Waals surface area (Å²) in [5.41, 5.74) is 2.64. The Labute approximate surface area is 101 Å². The highest BCUT2D eigenvalue weighted by Crippen LogP contribution is 2.34. The van der Waals surface area contributed by atoms with E-state index in [4.69, 9.17) is 11.6 Å². The molecule has 0 aliphatic rings. The van der Waals surface area contributed by atoms with Gasteiger partial charge in [-0.05, 0) is 51.0 Å². The summed E-state index contributed by atoms with van der Waals surface area (Å²) >= 11 is 11.2. The van der Waals surface area contributed by atoms with Gasteiger partial charge in [0.05, 0.1) is 3.79 Å². The maximum atomic E-state index is 5.91. The van der Waals surface area contributed by atoms with Crippen LogP contribution in [0.3, 0.4) is 0 Å². The van der Waals surface area contributed by atoms with E-state index >= 15 is 0 Å². The number of benzene rings is 1. The van der Waals surface area contributed by atoms with Crippen LogP contribution in [0.5, 0.6) is 0 Å². The largest absolute Gasteiger partial charge is 0.128 e. The molecule has 74 valence electrons. The first-order chi connectivity index (χ1) is 6.76. The van der Waals surface area contributed by atoms with E-state index in [1.54, 1.807) is 11.3 Å².